The lowest BCUT2D eigenvalue weighted by molar-refractivity contribution is -0.242. The molecule has 1 aliphatic carbocycles. The van der Waals surface area contributed by atoms with Crippen molar-refractivity contribution in [3.05, 3.63) is 0 Å². The number of ether oxygens (including phenoxy) is 2. The summed E-state index contributed by atoms with van der Waals surface area (Å²) in [5.41, 5.74) is -2.96. The van der Waals surface area contributed by atoms with Crippen LogP contribution in [0.2, 0.25) is 0 Å². The number of nitrogens with zero attached hydrogens (tertiary/aromatic N) is 2. The molecule has 0 spiro atoms. The molecule has 4 aliphatic heterocycles. The summed E-state index contributed by atoms with van der Waals surface area (Å²) in [6.45, 7) is 2.07. The van der Waals surface area contributed by atoms with Gasteiger partial charge in [-0.3, -0.25) is 30.0 Å². The number of urea groups is 2. The average molecular weight is 484 g/mol. The molecule has 0 aromatic heterocycles. The summed E-state index contributed by atoms with van der Waals surface area (Å²) in [4.78, 5) is 54.7. The molecule has 14 nitrogen and oxygen atoms in total. The molecule has 0 aromatic rings. The van der Waals surface area contributed by atoms with Gasteiger partial charge in [0.05, 0.1) is 48.3 Å². The topological polar surface area (TPSA) is 198 Å². The van der Waals surface area contributed by atoms with Gasteiger partial charge in [-0.1, -0.05) is 0 Å². The number of amides is 6. The lowest BCUT2D eigenvalue weighted by Gasteiger charge is -2.72. The SMILES string of the molecule is CC12C(=O)NC(=O)N(C3CC(O)C(CO)O3)C1C1N(C3CC(O)C(CO)O3)C(=O)NC(=O)C12C. The van der Waals surface area contributed by atoms with Crippen LogP contribution in [0.1, 0.15) is 26.7 Å². The van der Waals surface area contributed by atoms with E-state index in [4.69, 9.17) is 9.47 Å². The summed E-state index contributed by atoms with van der Waals surface area (Å²) in [5, 5.41) is 43.9. The Kier molecular flexibility index (Phi) is 5.21. The predicted octanol–water partition coefficient (Wildman–Crippen LogP) is -3.21. The van der Waals surface area contributed by atoms with Crippen LogP contribution in [0.4, 0.5) is 9.59 Å². The Morgan fingerprint density at radius 3 is 1.44 bits per heavy atom. The van der Waals surface area contributed by atoms with Gasteiger partial charge in [0.25, 0.3) is 0 Å². The number of hydrogen-bond donors (Lipinski definition) is 6. The Hall–Kier alpha value is -2.36. The van der Waals surface area contributed by atoms with E-state index in [0.717, 1.165) is 0 Å². The van der Waals surface area contributed by atoms with Gasteiger partial charge in [0.1, 0.15) is 24.7 Å². The van der Waals surface area contributed by atoms with Crippen LogP contribution >= 0.6 is 0 Å². The van der Waals surface area contributed by atoms with E-state index >= 15 is 0 Å². The molecule has 1 saturated carbocycles. The Balaban J connectivity index is 1.57. The highest BCUT2D eigenvalue weighted by Gasteiger charge is 2.82. The molecular weight excluding hydrogens is 456 g/mol. The quantitative estimate of drug-likeness (QED) is 0.236. The van der Waals surface area contributed by atoms with E-state index in [2.05, 4.69) is 10.6 Å². The minimum Gasteiger partial charge on any atom is -0.394 e. The van der Waals surface area contributed by atoms with Gasteiger partial charge in [-0.25, -0.2) is 9.59 Å². The van der Waals surface area contributed by atoms with Crippen LogP contribution in [-0.2, 0) is 19.1 Å². The molecule has 188 valence electrons. The fourth-order valence-corrected chi connectivity index (χ4v) is 6.31. The van der Waals surface area contributed by atoms with Gasteiger partial charge in [-0.2, -0.15) is 0 Å². The van der Waals surface area contributed by atoms with E-state index in [9.17, 15) is 39.6 Å². The average Bonchev–Trinajstić information content (AvgIpc) is 3.34. The highest BCUT2D eigenvalue weighted by Crippen LogP contribution is 2.64. The maximum atomic E-state index is 13.1. The fraction of sp³-hybridized carbons (Fsp3) is 0.800. The summed E-state index contributed by atoms with van der Waals surface area (Å²) < 4.78 is 11.4. The minimum absolute atomic E-state index is 0.0474. The highest BCUT2D eigenvalue weighted by molar-refractivity contribution is 6.10. The summed E-state index contributed by atoms with van der Waals surface area (Å²) in [7, 11) is 0. The second kappa shape index (κ2) is 7.57. The predicted molar refractivity (Wildman–Crippen MR) is 107 cm³/mol. The van der Waals surface area contributed by atoms with Crippen molar-refractivity contribution in [2.75, 3.05) is 13.2 Å². The van der Waals surface area contributed by atoms with E-state index < -0.39 is 96.9 Å². The van der Waals surface area contributed by atoms with E-state index in [0.29, 0.717) is 0 Å². The zero-order valence-electron chi connectivity index (χ0n) is 18.6. The molecule has 0 bridgehead atoms. The van der Waals surface area contributed by atoms with Gasteiger partial charge in [-0.05, 0) is 13.8 Å². The monoisotopic (exact) mass is 484 g/mol. The number of carbonyl (C=O) groups is 4. The molecule has 34 heavy (non-hydrogen) atoms. The standard InChI is InChI=1S/C20H28N4O10/c1-19-13(23(17(31)21-15(19)29)11-3-7(27)9(5-25)33-11)14-20(19,2)16(30)22-18(32)24(14)12-4-8(28)10(6-26)34-12/h7-14,25-28H,3-6H2,1-2H3,(H,21,29,31)(H,22,30,32). The second-order valence-corrected chi connectivity index (χ2v) is 9.86. The van der Waals surface area contributed by atoms with Gasteiger partial charge < -0.3 is 29.9 Å². The second-order valence-electron chi connectivity index (χ2n) is 9.86. The number of rotatable bonds is 4. The molecule has 0 radical (unpaired) electrons. The van der Waals surface area contributed by atoms with Crippen molar-refractivity contribution in [3.63, 3.8) is 0 Å². The van der Waals surface area contributed by atoms with Crippen molar-refractivity contribution in [1.29, 1.82) is 0 Å². The zero-order valence-corrected chi connectivity index (χ0v) is 18.6. The molecule has 6 N–H and O–H groups in total. The lowest BCUT2D eigenvalue weighted by Crippen LogP contribution is -2.92. The smallest absolute Gasteiger partial charge is 0.326 e. The van der Waals surface area contributed by atoms with Crippen LogP contribution in [0, 0.1) is 10.8 Å². The Bertz CT molecular complexity index is 874. The van der Waals surface area contributed by atoms with E-state index in [1.807, 2.05) is 0 Å². The van der Waals surface area contributed by atoms with Crippen LogP contribution in [0.3, 0.4) is 0 Å². The summed E-state index contributed by atoms with van der Waals surface area (Å²) in [6, 6.07) is -3.69. The first-order valence-corrected chi connectivity index (χ1v) is 11.2. The van der Waals surface area contributed by atoms with Crippen LogP contribution in [-0.4, -0.2) is 116 Å². The molecule has 14 heteroatoms. The normalized spacial score (nSPS) is 48.3. The van der Waals surface area contributed by atoms with Gasteiger partial charge >= 0.3 is 12.1 Å². The first-order valence-electron chi connectivity index (χ1n) is 11.2. The summed E-state index contributed by atoms with van der Waals surface area (Å²) >= 11 is 0. The zero-order chi connectivity index (χ0) is 24.7. The van der Waals surface area contributed by atoms with Crippen molar-refractivity contribution in [2.24, 2.45) is 10.8 Å². The van der Waals surface area contributed by atoms with E-state index in [1.165, 1.54) is 23.6 Å². The van der Waals surface area contributed by atoms with Crippen molar-refractivity contribution in [3.8, 4) is 0 Å². The van der Waals surface area contributed by atoms with Gasteiger partial charge in [-0.15, -0.1) is 0 Å². The van der Waals surface area contributed by atoms with Crippen molar-refractivity contribution in [1.82, 2.24) is 20.4 Å². The Morgan fingerprint density at radius 2 is 1.15 bits per heavy atom. The molecule has 5 rings (SSSR count). The first kappa shape index (κ1) is 23.4. The highest BCUT2D eigenvalue weighted by atomic mass is 16.6. The number of hydrogen-bond acceptors (Lipinski definition) is 10. The summed E-state index contributed by atoms with van der Waals surface area (Å²) in [6.07, 6.45) is -6.18. The maximum Gasteiger partial charge on any atom is 0.326 e. The third kappa shape index (κ3) is 2.71. The first-order chi connectivity index (χ1) is 16.0. The van der Waals surface area contributed by atoms with E-state index in [1.54, 1.807) is 0 Å². The molecular formula is C20H28N4O10. The van der Waals surface area contributed by atoms with Crippen molar-refractivity contribution in [2.45, 2.75) is 75.6 Å². The maximum absolute atomic E-state index is 13.1. The Labute approximate surface area is 193 Å². The van der Waals surface area contributed by atoms with Gasteiger partial charge in [0.15, 0.2) is 0 Å². The van der Waals surface area contributed by atoms with Crippen molar-refractivity contribution < 1.29 is 49.1 Å². The molecule has 10 atom stereocenters. The van der Waals surface area contributed by atoms with Crippen molar-refractivity contribution >= 4 is 23.9 Å². The van der Waals surface area contributed by atoms with Gasteiger partial charge in [0, 0.05) is 12.8 Å². The molecule has 5 fully saturated rings. The van der Waals surface area contributed by atoms with Crippen LogP contribution in [0.15, 0.2) is 0 Å². The van der Waals surface area contributed by atoms with E-state index in [-0.39, 0.29) is 12.8 Å². The number of aliphatic hydroxyl groups is 4. The summed E-state index contributed by atoms with van der Waals surface area (Å²) in [5.74, 6) is -1.39. The third-order valence-electron chi connectivity index (χ3n) is 8.40. The van der Waals surface area contributed by atoms with Crippen LogP contribution in [0.25, 0.3) is 0 Å². The minimum atomic E-state index is -1.48. The van der Waals surface area contributed by atoms with Crippen LogP contribution in [0.5, 0.6) is 0 Å². The molecule has 4 heterocycles. The number of carbonyl (C=O) groups excluding carboxylic acids is 4. The molecule has 5 aliphatic rings. The Morgan fingerprint density at radius 1 is 0.794 bits per heavy atom. The van der Waals surface area contributed by atoms with Gasteiger partial charge in [0.2, 0.25) is 11.8 Å². The fourth-order valence-electron chi connectivity index (χ4n) is 6.31. The van der Waals surface area contributed by atoms with Crippen LogP contribution < -0.4 is 10.6 Å². The molecule has 0 aromatic carbocycles. The molecule has 10 unspecified atom stereocenters. The third-order valence-corrected chi connectivity index (χ3v) is 8.40. The number of aliphatic hydroxyl groups excluding tert-OH is 4. The largest absolute Gasteiger partial charge is 0.394 e. The number of imide groups is 2. The molecule has 6 amide bonds. The number of nitrogens with one attached hydrogen (secondary N) is 2. The number of fused-ring (bicyclic) bond motifs is 4. The molecule has 4 saturated heterocycles. The lowest BCUT2D eigenvalue weighted by atomic mass is 9.42.